The molecular weight excluding hydrogens is 196 g/mol. The zero-order valence-corrected chi connectivity index (χ0v) is 9.61. The van der Waals surface area contributed by atoms with Gasteiger partial charge in [-0.3, -0.25) is 0 Å². The molecule has 1 aliphatic rings. The fourth-order valence-corrected chi connectivity index (χ4v) is 2.50. The van der Waals surface area contributed by atoms with Gasteiger partial charge in [-0.05, 0) is 37.3 Å². The van der Waals surface area contributed by atoms with Gasteiger partial charge in [0.05, 0.1) is 22.4 Å². The third-order valence-corrected chi connectivity index (χ3v) is 3.57. The van der Waals surface area contributed by atoms with Crippen LogP contribution in [0.4, 0.5) is 0 Å². The molecule has 0 saturated carbocycles. The molecule has 1 heterocycles. The van der Waals surface area contributed by atoms with E-state index in [1.165, 1.54) is 24.2 Å². The second kappa shape index (κ2) is 3.85. The number of aromatic nitrogens is 2. The first-order chi connectivity index (χ1) is 7.86. The average Bonchev–Trinajstić information content (AvgIpc) is 2.35. The van der Waals surface area contributed by atoms with Gasteiger partial charge in [-0.15, -0.1) is 0 Å². The first kappa shape index (κ1) is 9.76. The summed E-state index contributed by atoms with van der Waals surface area (Å²) in [5.74, 6) is 0.808. The van der Waals surface area contributed by atoms with E-state index in [9.17, 15) is 0 Å². The van der Waals surface area contributed by atoms with Crippen LogP contribution in [0.25, 0.3) is 11.0 Å². The molecule has 1 aliphatic carbocycles. The van der Waals surface area contributed by atoms with Crippen LogP contribution in [0.2, 0.25) is 0 Å². The maximum absolute atomic E-state index is 4.75. The first-order valence-corrected chi connectivity index (χ1v) is 6.11. The smallest absolute Gasteiger partial charge is 0.0890 e. The summed E-state index contributed by atoms with van der Waals surface area (Å²) in [5, 5.41) is 0. The number of aryl methyl sites for hydroxylation is 1. The lowest BCUT2D eigenvalue weighted by Crippen LogP contribution is -2.16. The van der Waals surface area contributed by atoms with Gasteiger partial charge in [-0.1, -0.05) is 25.5 Å². The number of fused-ring (bicyclic) bond motifs is 2. The van der Waals surface area contributed by atoms with Crippen molar-refractivity contribution < 1.29 is 0 Å². The molecule has 1 aromatic heterocycles. The lowest BCUT2D eigenvalue weighted by atomic mass is 9.87. The van der Waals surface area contributed by atoms with Crippen LogP contribution in [-0.4, -0.2) is 9.97 Å². The van der Waals surface area contributed by atoms with E-state index in [1.807, 2.05) is 12.1 Å². The lowest BCUT2D eigenvalue weighted by molar-refractivity contribution is 0.434. The van der Waals surface area contributed by atoms with E-state index in [-0.39, 0.29) is 0 Å². The highest BCUT2D eigenvalue weighted by Crippen LogP contribution is 2.26. The summed E-state index contributed by atoms with van der Waals surface area (Å²) in [4.78, 5) is 9.47. The minimum atomic E-state index is 0.808. The molecule has 82 valence electrons. The van der Waals surface area contributed by atoms with E-state index >= 15 is 0 Å². The van der Waals surface area contributed by atoms with E-state index in [1.54, 1.807) is 0 Å². The predicted molar refractivity (Wildman–Crippen MR) is 65.3 cm³/mol. The molecule has 1 aromatic carbocycles. The van der Waals surface area contributed by atoms with Gasteiger partial charge in [-0.25, -0.2) is 9.97 Å². The van der Waals surface area contributed by atoms with E-state index in [2.05, 4.69) is 19.1 Å². The SMILES string of the molecule is CCC1CCc2nc3ccccc3nc2C1. The fourth-order valence-electron chi connectivity index (χ4n) is 2.50. The van der Waals surface area contributed by atoms with Crippen LogP contribution in [0.1, 0.15) is 31.2 Å². The zero-order valence-electron chi connectivity index (χ0n) is 9.61. The highest BCUT2D eigenvalue weighted by molar-refractivity contribution is 5.74. The number of benzene rings is 1. The van der Waals surface area contributed by atoms with Crippen LogP contribution in [0.3, 0.4) is 0 Å². The molecule has 2 heteroatoms. The van der Waals surface area contributed by atoms with Gasteiger partial charge in [-0.2, -0.15) is 0 Å². The maximum atomic E-state index is 4.75. The summed E-state index contributed by atoms with van der Waals surface area (Å²) >= 11 is 0. The lowest BCUT2D eigenvalue weighted by Gasteiger charge is -2.22. The molecule has 0 fully saturated rings. The molecule has 0 bridgehead atoms. The van der Waals surface area contributed by atoms with Crippen molar-refractivity contribution in [2.75, 3.05) is 0 Å². The van der Waals surface area contributed by atoms with Gasteiger partial charge >= 0.3 is 0 Å². The molecule has 0 spiro atoms. The van der Waals surface area contributed by atoms with Gasteiger partial charge in [0, 0.05) is 0 Å². The van der Waals surface area contributed by atoms with E-state index in [4.69, 9.17) is 9.97 Å². The third kappa shape index (κ3) is 1.58. The minimum absolute atomic E-state index is 0.808. The third-order valence-electron chi connectivity index (χ3n) is 3.57. The molecule has 2 aromatic rings. The van der Waals surface area contributed by atoms with Crippen molar-refractivity contribution in [2.24, 2.45) is 5.92 Å². The minimum Gasteiger partial charge on any atom is -0.249 e. The molecule has 0 N–H and O–H groups in total. The number of para-hydroxylation sites is 2. The van der Waals surface area contributed by atoms with Gasteiger partial charge in [0.2, 0.25) is 0 Å². The molecule has 16 heavy (non-hydrogen) atoms. The van der Waals surface area contributed by atoms with Crippen LogP contribution in [-0.2, 0) is 12.8 Å². The number of nitrogens with zero attached hydrogens (tertiary/aromatic N) is 2. The number of hydrogen-bond acceptors (Lipinski definition) is 2. The molecule has 0 radical (unpaired) electrons. The van der Waals surface area contributed by atoms with Gasteiger partial charge < -0.3 is 0 Å². The Labute approximate surface area is 95.7 Å². The van der Waals surface area contributed by atoms with Crippen molar-refractivity contribution in [1.82, 2.24) is 9.97 Å². The summed E-state index contributed by atoms with van der Waals surface area (Å²) < 4.78 is 0. The van der Waals surface area contributed by atoms with Gasteiger partial charge in [0.15, 0.2) is 0 Å². The summed E-state index contributed by atoms with van der Waals surface area (Å²) in [5.41, 5.74) is 4.54. The van der Waals surface area contributed by atoms with Crippen molar-refractivity contribution in [2.45, 2.75) is 32.6 Å². The van der Waals surface area contributed by atoms with Crippen molar-refractivity contribution in [3.63, 3.8) is 0 Å². The Hall–Kier alpha value is -1.44. The molecule has 3 rings (SSSR count). The van der Waals surface area contributed by atoms with Crippen molar-refractivity contribution >= 4 is 11.0 Å². The topological polar surface area (TPSA) is 25.8 Å². The molecule has 1 unspecified atom stereocenters. The highest BCUT2D eigenvalue weighted by atomic mass is 14.8. The maximum Gasteiger partial charge on any atom is 0.0890 e. The Bertz CT molecular complexity index is 519. The predicted octanol–water partition coefficient (Wildman–Crippen LogP) is 3.14. The van der Waals surface area contributed by atoms with E-state index in [0.717, 1.165) is 29.8 Å². The Morgan fingerprint density at radius 2 is 1.81 bits per heavy atom. The Kier molecular flexibility index (Phi) is 2.35. The number of rotatable bonds is 1. The molecular formula is C14H16N2. The Morgan fingerprint density at radius 3 is 2.50 bits per heavy atom. The second-order valence-electron chi connectivity index (χ2n) is 4.62. The van der Waals surface area contributed by atoms with Crippen molar-refractivity contribution in [1.29, 1.82) is 0 Å². The number of hydrogen-bond donors (Lipinski definition) is 0. The summed E-state index contributed by atoms with van der Waals surface area (Å²) in [7, 11) is 0. The van der Waals surface area contributed by atoms with E-state index < -0.39 is 0 Å². The molecule has 2 nitrogen and oxygen atoms in total. The first-order valence-electron chi connectivity index (χ1n) is 6.11. The zero-order chi connectivity index (χ0) is 11.0. The summed E-state index contributed by atoms with van der Waals surface area (Å²) in [6.07, 6.45) is 4.75. The van der Waals surface area contributed by atoms with Crippen LogP contribution < -0.4 is 0 Å². The quantitative estimate of drug-likeness (QED) is 0.725. The Morgan fingerprint density at radius 1 is 1.12 bits per heavy atom. The van der Waals surface area contributed by atoms with Crippen molar-refractivity contribution in [3.8, 4) is 0 Å². The molecule has 1 atom stereocenters. The van der Waals surface area contributed by atoms with Crippen LogP contribution in [0.15, 0.2) is 24.3 Å². The van der Waals surface area contributed by atoms with Gasteiger partial charge in [0.1, 0.15) is 0 Å². The summed E-state index contributed by atoms with van der Waals surface area (Å²) in [6.45, 7) is 2.27. The van der Waals surface area contributed by atoms with Crippen molar-refractivity contribution in [3.05, 3.63) is 35.7 Å². The average molecular weight is 212 g/mol. The van der Waals surface area contributed by atoms with Gasteiger partial charge in [0.25, 0.3) is 0 Å². The standard InChI is InChI=1S/C14H16N2/c1-2-10-7-8-13-14(9-10)16-12-6-4-3-5-11(12)15-13/h3-6,10H,2,7-9H2,1H3. The monoisotopic (exact) mass is 212 g/mol. The van der Waals surface area contributed by atoms with E-state index in [0.29, 0.717) is 0 Å². The fraction of sp³-hybridized carbons (Fsp3) is 0.429. The van der Waals surface area contributed by atoms with Crippen LogP contribution in [0, 0.1) is 5.92 Å². The summed E-state index contributed by atoms with van der Waals surface area (Å²) in [6, 6.07) is 8.16. The molecule has 0 aliphatic heterocycles. The second-order valence-corrected chi connectivity index (χ2v) is 4.62. The normalized spacial score (nSPS) is 19.7. The molecule has 0 amide bonds. The highest BCUT2D eigenvalue weighted by Gasteiger charge is 2.19. The van der Waals surface area contributed by atoms with Crippen LogP contribution in [0.5, 0.6) is 0 Å². The van der Waals surface area contributed by atoms with Crippen LogP contribution >= 0.6 is 0 Å². The molecule has 0 saturated heterocycles. The Balaban J connectivity index is 2.10. The largest absolute Gasteiger partial charge is 0.249 e.